The summed E-state index contributed by atoms with van der Waals surface area (Å²) in [6.45, 7) is 10.8. The van der Waals surface area contributed by atoms with Gasteiger partial charge in [0.15, 0.2) is 0 Å². The number of fused-ring (bicyclic) bond motifs is 1. The first-order valence-corrected chi connectivity index (χ1v) is 12.4. The molecule has 1 saturated heterocycles. The van der Waals surface area contributed by atoms with Gasteiger partial charge in [-0.15, -0.1) is 0 Å². The lowest BCUT2D eigenvalue weighted by Gasteiger charge is -2.42. The lowest BCUT2D eigenvalue weighted by Crippen LogP contribution is -2.58. The Kier molecular flexibility index (Phi) is 8.91. The predicted molar refractivity (Wildman–Crippen MR) is 137 cm³/mol. The Balaban J connectivity index is 1.62. The molecule has 0 saturated carbocycles. The normalized spacial score (nSPS) is 18.0. The molecule has 7 nitrogen and oxygen atoms in total. The molecule has 2 atom stereocenters. The molecule has 2 aromatic carbocycles. The smallest absolute Gasteiger partial charge is 0.407 e. The Morgan fingerprint density at radius 2 is 1.88 bits per heavy atom. The second kappa shape index (κ2) is 11.7. The van der Waals surface area contributed by atoms with Gasteiger partial charge in [-0.3, -0.25) is 9.69 Å². The van der Waals surface area contributed by atoms with E-state index in [2.05, 4.69) is 17.1 Å². The van der Waals surface area contributed by atoms with Crippen molar-refractivity contribution in [1.29, 1.82) is 0 Å². The van der Waals surface area contributed by atoms with Gasteiger partial charge in [-0.1, -0.05) is 56.2 Å². The number of piperazine rings is 1. The second-order valence-corrected chi connectivity index (χ2v) is 10.2. The van der Waals surface area contributed by atoms with E-state index in [4.69, 9.17) is 10.5 Å². The summed E-state index contributed by atoms with van der Waals surface area (Å²) in [4.78, 5) is 29.8. The lowest BCUT2D eigenvalue weighted by molar-refractivity contribution is 0.0422. The molecule has 7 heteroatoms. The summed E-state index contributed by atoms with van der Waals surface area (Å²) in [6, 6.07) is 14.0. The summed E-state index contributed by atoms with van der Waals surface area (Å²) in [6.07, 6.45) is 2.77. The van der Waals surface area contributed by atoms with Crippen molar-refractivity contribution >= 4 is 22.8 Å². The van der Waals surface area contributed by atoms with Crippen LogP contribution in [0, 0.1) is 0 Å². The van der Waals surface area contributed by atoms with E-state index in [1.54, 1.807) is 0 Å². The molecule has 3 rings (SSSR count). The van der Waals surface area contributed by atoms with Crippen molar-refractivity contribution in [3.05, 3.63) is 48.0 Å². The first kappa shape index (κ1) is 26.0. The number of alkyl carbamates (subject to hydrolysis) is 1. The molecule has 3 N–H and O–H groups in total. The number of nitrogens with one attached hydrogen (secondary N) is 1. The topological polar surface area (TPSA) is 87.9 Å². The Morgan fingerprint density at radius 3 is 2.62 bits per heavy atom. The molecule has 1 aliphatic rings. The molecule has 0 bridgehead atoms. The molecule has 186 valence electrons. The number of nitrogens with two attached hydrogens (primary N) is 1. The van der Waals surface area contributed by atoms with Crippen molar-refractivity contribution in [2.45, 2.75) is 64.6 Å². The van der Waals surface area contributed by atoms with Gasteiger partial charge in [0.25, 0.3) is 5.91 Å². The highest BCUT2D eigenvalue weighted by Gasteiger charge is 2.31. The van der Waals surface area contributed by atoms with Crippen LogP contribution in [0.1, 0.15) is 57.3 Å². The van der Waals surface area contributed by atoms with E-state index in [0.29, 0.717) is 26.2 Å². The molecule has 2 amide bonds. The number of amides is 2. The third kappa shape index (κ3) is 7.18. The fourth-order valence-corrected chi connectivity index (χ4v) is 4.51. The number of benzene rings is 2. The number of nitrogens with zero attached hydrogens (tertiary/aromatic N) is 2. The van der Waals surface area contributed by atoms with Crippen molar-refractivity contribution in [1.82, 2.24) is 15.1 Å². The number of carbonyl (C=O) groups is 2. The van der Waals surface area contributed by atoms with Crippen LogP contribution in [0.2, 0.25) is 0 Å². The van der Waals surface area contributed by atoms with E-state index in [0.717, 1.165) is 42.1 Å². The Labute approximate surface area is 203 Å². The van der Waals surface area contributed by atoms with Gasteiger partial charge in [-0.25, -0.2) is 4.79 Å². The zero-order chi connectivity index (χ0) is 24.7. The van der Waals surface area contributed by atoms with Crippen LogP contribution in [0.25, 0.3) is 10.8 Å². The molecule has 0 aromatic heterocycles. The molecule has 1 fully saturated rings. The van der Waals surface area contributed by atoms with Gasteiger partial charge in [0, 0.05) is 50.4 Å². The minimum atomic E-state index is -0.535. The van der Waals surface area contributed by atoms with Crippen LogP contribution in [-0.4, -0.2) is 72.2 Å². The first-order chi connectivity index (χ1) is 16.2. The van der Waals surface area contributed by atoms with Crippen LogP contribution in [0.15, 0.2) is 42.5 Å². The highest BCUT2D eigenvalue weighted by atomic mass is 16.6. The highest BCUT2D eigenvalue weighted by molar-refractivity contribution is 6.07. The lowest BCUT2D eigenvalue weighted by atomic mass is 10.0. The Bertz CT molecular complexity index is 966. The largest absolute Gasteiger partial charge is 0.444 e. The van der Waals surface area contributed by atoms with E-state index in [1.165, 1.54) is 0 Å². The number of ether oxygens (including phenoxy) is 1. The average molecular weight is 469 g/mol. The molecular weight excluding hydrogens is 428 g/mol. The molecule has 2 aromatic rings. The van der Waals surface area contributed by atoms with Gasteiger partial charge in [0.05, 0.1) is 0 Å². The number of carbonyl (C=O) groups excluding carboxylic acids is 2. The summed E-state index contributed by atoms with van der Waals surface area (Å²) >= 11 is 0. The second-order valence-electron chi connectivity index (χ2n) is 10.2. The summed E-state index contributed by atoms with van der Waals surface area (Å²) in [5, 5.41) is 4.85. The minimum Gasteiger partial charge on any atom is -0.444 e. The van der Waals surface area contributed by atoms with Gasteiger partial charge >= 0.3 is 6.09 Å². The molecule has 34 heavy (non-hydrogen) atoms. The van der Waals surface area contributed by atoms with Crippen molar-refractivity contribution in [2.24, 2.45) is 5.73 Å². The summed E-state index contributed by atoms with van der Waals surface area (Å²) < 4.78 is 5.30. The van der Waals surface area contributed by atoms with Crippen LogP contribution in [0.5, 0.6) is 0 Å². The summed E-state index contributed by atoms with van der Waals surface area (Å²) in [5.74, 6) is 0.0915. The average Bonchev–Trinajstić information content (AvgIpc) is 2.80. The molecule has 0 spiro atoms. The number of hydrogen-bond acceptors (Lipinski definition) is 5. The van der Waals surface area contributed by atoms with Crippen LogP contribution < -0.4 is 11.1 Å². The van der Waals surface area contributed by atoms with Gasteiger partial charge in [0.2, 0.25) is 0 Å². The SMILES string of the molecule is CCCC[C@H]1CN(C(=O)c2cccc3ccccc23)CCN1CC(N)CNC(=O)OC(C)(C)C. The summed E-state index contributed by atoms with van der Waals surface area (Å²) in [7, 11) is 0. The Morgan fingerprint density at radius 1 is 1.15 bits per heavy atom. The standard InChI is InChI=1S/C27H40N4O3/c1-5-6-12-22-19-31(25(32)24-14-9-11-20-10-7-8-13-23(20)24)16-15-30(22)18-21(28)17-29-26(33)34-27(2,3)4/h7-11,13-14,21-22H,5-6,12,15-19,28H2,1-4H3,(H,29,33)/t21?,22-/m0/s1. The highest BCUT2D eigenvalue weighted by Crippen LogP contribution is 2.23. The van der Waals surface area contributed by atoms with Crippen molar-refractivity contribution in [3.63, 3.8) is 0 Å². The third-order valence-electron chi connectivity index (χ3n) is 6.18. The molecule has 0 radical (unpaired) electrons. The molecule has 1 aliphatic heterocycles. The number of hydrogen-bond donors (Lipinski definition) is 2. The predicted octanol–water partition coefficient (Wildman–Crippen LogP) is 4.01. The third-order valence-corrected chi connectivity index (χ3v) is 6.18. The molecular formula is C27H40N4O3. The fourth-order valence-electron chi connectivity index (χ4n) is 4.51. The van der Waals surface area contributed by atoms with E-state index in [1.807, 2.05) is 68.1 Å². The number of rotatable bonds is 8. The van der Waals surface area contributed by atoms with Gasteiger partial charge in [0.1, 0.15) is 5.60 Å². The fraction of sp³-hybridized carbons (Fsp3) is 0.556. The van der Waals surface area contributed by atoms with Crippen LogP contribution in [0.4, 0.5) is 4.79 Å². The maximum Gasteiger partial charge on any atom is 0.407 e. The zero-order valence-electron chi connectivity index (χ0n) is 21.0. The van der Waals surface area contributed by atoms with Crippen LogP contribution in [0.3, 0.4) is 0 Å². The zero-order valence-corrected chi connectivity index (χ0v) is 21.0. The quantitative estimate of drug-likeness (QED) is 0.611. The molecule has 1 unspecified atom stereocenters. The monoisotopic (exact) mass is 468 g/mol. The molecule has 0 aliphatic carbocycles. The van der Waals surface area contributed by atoms with E-state index >= 15 is 0 Å². The van der Waals surface area contributed by atoms with E-state index in [9.17, 15) is 9.59 Å². The van der Waals surface area contributed by atoms with Gasteiger partial charge in [-0.05, 0) is 44.0 Å². The van der Waals surface area contributed by atoms with Gasteiger partial charge < -0.3 is 20.7 Å². The van der Waals surface area contributed by atoms with Crippen LogP contribution >= 0.6 is 0 Å². The van der Waals surface area contributed by atoms with Crippen molar-refractivity contribution in [2.75, 3.05) is 32.7 Å². The maximum atomic E-state index is 13.5. The van der Waals surface area contributed by atoms with Crippen molar-refractivity contribution < 1.29 is 14.3 Å². The minimum absolute atomic E-state index is 0.0915. The molecule has 1 heterocycles. The summed E-state index contributed by atoms with van der Waals surface area (Å²) in [5.41, 5.74) is 6.59. The first-order valence-electron chi connectivity index (χ1n) is 12.4. The Hall–Kier alpha value is -2.64. The number of unbranched alkanes of at least 4 members (excludes halogenated alkanes) is 1. The van der Waals surface area contributed by atoms with Gasteiger partial charge in [-0.2, -0.15) is 0 Å². The van der Waals surface area contributed by atoms with Crippen molar-refractivity contribution in [3.8, 4) is 0 Å². The van der Waals surface area contributed by atoms with E-state index < -0.39 is 11.7 Å². The maximum absolute atomic E-state index is 13.5. The van der Waals surface area contributed by atoms with Crippen LogP contribution in [-0.2, 0) is 4.74 Å². The van der Waals surface area contributed by atoms with E-state index in [-0.39, 0.29) is 18.0 Å².